The minimum absolute atomic E-state index is 0.171. The van der Waals surface area contributed by atoms with Gasteiger partial charge in [-0.3, -0.25) is 0 Å². The Morgan fingerprint density at radius 3 is 2.48 bits per heavy atom. The van der Waals surface area contributed by atoms with E-state index in [9.17, 15) is 10.2 Å². The Morgan fingerprint density at radius 1 is 1.00 bits per heavy atom. The summed E-state index contributed by atoms with van der Waals surface area (Å²) in [7, 11) is 0. The molecule has 2 N–H and O–H groups in total. The van der Waals surface area contributed by atoms with Crippen molar-refractivity contribution in [2.45, 2.75) is 97.2 Å². The fraction of sp³-hybridized carbons (Fsp3) is 1.00. The van der Waals surface area contributed by atoms with Gasteiger partial charge in [-0.2, -0.15) is 0 Å². The van der Waals surface area contributed by atoms with Gasteiger partial charge in [0, 0.05) is 6.61 Å². The first-order valence-electron chi connectivity index (χ1n) is 11.7. The van der Waals surface area contributed by atoms with Crippen LogP contribution in [-0.2, 0) is 4.74 Å². The molecule has 2 unspecified atom stereocenters. The molecule has 0 heterocycles. The SMILES string of the molecule is CCOC[C@]12CC[C@@](C)(O)C[C@@H]1CC[C@@H]1[C@@H]2CC[C@]2(C)C(C(C)O)CC[C@@H]12. The summed E-state index contributed by atoms with van der Waals surface area (Å²) in [6.45, 7) is 10.4. The molecule has 0 bridgehead atoms. The lowest BCUT2D eigenvalue weighted by Gasteiger charge is -2.62. The van der Waals surface area contributed by atoms with Gasteiger partial charge in [0.1, 0.15) is 0 Å². The molecule has 0 amide bonds. The van der Waals surface area contributed by atoms with Gasteiger partial charge in [-0.05, 0) is 119 Å². The third-order valence-corrected chi connectivity index (χ3v) is 9.88. The van der Waals surface area contributed by atoms with Gasteiger partial charge < -0.3 is 14.9 Å². The van der Waals surface area contributed by atoms with Gasteiger partial charge in [-0.1, -0.05) is 6.92 Å². The average Bonchev–Trinajstić information content (AvgIpc) is 2.97. The summed E-state index contributed by atoms with van der Waals surface area (Å²) >= 11 is 0. The third kappa shape index (κ3) is 3.11. The van der Waals surface area contributed by atoms with Crippen molar-refractivity contribution in [2.75, 3.05) is 13.2 Å². The molecule has 0 aromatic heterocycles. The van der Waals surface area contributed by atoms with E-state index < -0.39 is 5.60 Å². The van der Waals surface area contributed by atoms with Crippen LogP contribution in [0.1, 0.15) is 85.5 Å². The predicted octanol–water partition coefficient (Wildman–Crippen LogP) is 4.79. The maximum atomic E-state index is 10.8. The highest BCUT2D eigenvalue weighted by molar-refractivity contribution is 5.11. The van der Waals surface area contributed by atoms with Crippen molar-refractivity contribution in [2.24, 2.45) is 40.4 Å². The van der Waals surface area contributed by atoms with Gasteiger partial charge in [0.05, 0.1) is 18.3 Å². The molecule has 0 aromatic carbocycles. The van der Waals surface area contributed by atoms with Crippen LogP contribution in [-0.4, -0.2) is 35.1 Å². The van der Waals surface area contributed by atoms with Crippen LogP contribution in [0.3, 0.4) is 0 Å². The highest BCUT2D eigenvalue weighted by Gasteiger charge is 2.62. The van der Waals surface area contributed by atoms with Crippen molar-refractivity contribution >= 4 is 0 Å². The largest absolute Gasteiger partial charge is 0.393 e. The van der Waals surface area contributed by atoms with Crippen LogP contribution in [0.5, 0.6) is 0 Å². The van der Waals surface area contributed by atoms with Crippen LogP contribution < -0.4 is 0 Å². The molecule has 4 aliphatic carbocycles. The van der Waals surface area contributed by atoms with Crippen molar-refractivity contribution in [3.63, 3.8) is 0 Å². The zero-order valence-corrected chi connectivity index (χ0v) is 18.0. The Labute approximate surface area is 166 Å². The molecule has 0 spiro atoms. The molecule has 0 aliphatic heterocycles. The monoisotopic (exact) mass is 378 g/mol. The summed E-state index contributed by atoms with van der Waals surface area (Å²) < 4.78 is 6.12. The smallest absolute Gasteiger partial charge is 0.0622 e. The molecule has 156 valence electrons. The van der Waals surface area contributed by atoms with E-state index >= 15 is 0 Å². The van der Waals surface area contributed by atoms with Gasteiger partial charge in [0.25, 0.3) is 0 Å². The van der Waals surface area contributed by atoms with E-state index in [-0.39, 0.29) is 11.5 Å². The summed E-state index contributed by atoms with van der Waals surface area (Å²) in [4.78, 5) is 0. The Morgan fingerprint density at radius 2 is 1.78 bits per heavy atom. The molecule has 3 nitrogen and oxygen atoms in total. The third-order valence-electron chi connectivity index (χ3n) is 9.88. The first-order valence-corrected chi connectivity index (χ1v) is 11.7. The highest BCUT2D eigenvalue weighted by atomic mass is 16.5. The van der Waals surface area contributed by atoms with E-state index in [0.29, 0.717) is 17.3 Å². The van der Waals surface area contributed by atoms with Gasteiger partial charge in [0.2, 0.25) is 0 Å². The molecule has 4 saturated carbocycles. The summed E-state index contributed by atoms with van der Waals surface area (Å²) in [6, 6.07) is 0. The molecular formula is C24H42O3. The van der Waals surface area contributed by atoms with Crippen LogP contribution in [0.2, 0.25) is 0 Å². The van der Waals surface area contributed by atoms with E-state index in [0.717, 1.165) is 50.2 Å². The first-order chi connectivity index (χ1) is 12.7. The zero-order valence-electron chi connectivity index (χ0n) is 18.0. The Balaban J connectivity index is 1.63. The minimum Gasteiger partial charge on any atom is -0.393 e. The Kier molecular flexibility index (Phi) is 5.22. The van der Waals surface area contributed by atoms with Gasteiger partial charge in [-0.15, -0.1) is 0 Å². The van der Waals surface area contributed by atoms with Crippen molar-refractivity contribution in [1.29, 1.82) is 0 Å². The summed E-state index contributed by atoms with van der Waals surface area (Å²) in [5.41, 5.74) is 0.127. The summed E-state index contributed by atoms with van der Waals surface area (Å²) in [5, 5.41) is 21.2. The number of rotatable bonds is 4. The molecule has 9 atom stereocenters. The highest BCUT2D eigenvalue weighted by Crippen LogP contribution is 2.68. The second-order valence-corrected chi connectivity index (χ2v) is 11.2. The molecule has 0 saturated heterocycles. The lowest BCUT2D eigenvalue weighted by Crippen LogP contribution is -2.58. The van der Waals surface area contributed by atoms with Crippen molar-refractivity contribution in [3.05, 3.63) is 0 Å². The van der Waals surface area contributed by atoms with Gasteiger partial charge in [-0.25, -0.2) is 0 Å². The van der Waals surface area contributed by atoms with Crippen LogP contribution in [0.15, 0.2) is 0 Å². The quantitative estimate of drug-likeness (QED) is 0.739. The standard InChI is InChI=1S/C24H42O3/c1-5-27-15-24-13-12-22(3,26)14-17(24)6-7-18-20-9-8-19(16(2)25)23(20,4)11-10-21(18)24/h16-21,25-26H,5-15H2,1-4H3/t16?,17-,18-,19?,20-,21-,22+,23+,24+/m0/s1. The van der Waals surface area contributed by atoms with Crippen molar-refractivity contribution in [3.8, 4) is 0 Å². The van der Waals surface area contributed by atoms with E-state index in [2.05, 4.69) is 13.8 Å². The van der Waals surface area contributed by atoms with Crippen LogP contribution in [0.25, 0.3) is 0 Å². The first kappa shape index (κ1) is 20.2. The number of hydrogen-bond donors (Lipinski definition) is 2. The van der Waals surface area contributed by atoms with E-state index in [4.69, 9.17) is 4.74 Å². The lowest BCUT2D eigenvalue weighted by molar-refractivity contribution is -0.179. The van der Waals surface area contributed by atoms with Gasteiger partial charge in [0.15, 0.2) is 0 Å². The van der Waals surface area contributed by atoms with E-state index in [1.54, 1.807) is 0 Å². The number of fused-ring (bicyclic) bond motifs is 5. The predicted molar refractivity (Wildman–Crippen MR) is 108 cm³/mol. The number of aliphatic hydroxyl groups is 2. The van der Waals surface area contributed by atoms with Crippen LogP contribution in [0, 0.1) is 40.4 Å². The van der Waals surface area contributed by atoms with Crippen LogP contribution >= 0.6 is 0 Å². The molecule has 0 aromatic rings. The van der Waals surface area contributed by atoms with E-state index in [1.807, 2.05) is 13.8 Å². The maximum absolute atomic E-state index is 10.8. The molecule has 3 heteroatoms. The van der Waals surface area contributed by atoms with E-state index in [1.165, 1.54) is 38.5 Å². The maximum Gasteiger partial charge on any atom is 0.0622 e. The number of aliphatic hydroxyl groups excluding tert-OH is 1. The van der Waals surface area contributed by atoms with Gasteiger partial charge >= 0.3 is 0 Å². The summed E-state index contributed by atoms with van der Waals surface area (Å²) in [5.74, 6) is 3.43. The molecule has 4 fully saturated rings. The molecule has 4 rings (SSSR count). The molecular weight excluding hydrogens is 336 g/mol. The summed E-state index contributed by atoms with van der Waals surface area (Å²) in [6.07, 6.45) is 10.5. The molecule has 0 radical (unpaired) electrons. The van der Waals surface area contributed by atoms with Crippen molar-refractivity contribution in [1.82, 2.24) is 0 Å². The Bertz CT molecular complexity index is 544. The minimum atomic E-state index is -0.485. The molecule has 4 aliphatic rings. The zero-order chi connectivity index (χ0) is 19.4. The normalized spacial score (nSPS) is 53.3. The second-order valence-electron chi connectivity index (χ2n) is 11.2. The van der Waals surface area contributed by atoms with Crippen molar-refractivity contribution < 1.29 is 14.9 Å². The lowest BCUT2D eigenvalue weighted by atomic mass is 9.43. The fourth-order valence-corrected chi connectivity index (χ4v) is 8.64. The number of ether oxygens (including phenoxy) is 1. The van der Waals surface area contributed by atoms with Crippen LogP contribution in [0.4, 0.5) is 0 Å². The molecule has 27 heavy (non-hydrogen) atoms. The topological polar surface area (TPSA) is 49.7 Å². The Hall–Kier alpha value is -0.120. The fourth-order valence-electron chi connectivity index (χ4n) is 8.64. The average molecular weight is 379 g/mol. The second kappa shape index (κ2) is 6.99. The number of hydrogen-bond acceptors (Lipinski definition) is 3.